The number of ketones is 1. The number of carbonyl (C=O) groups is 1. The molecule has 200 valence electrons. The second-order valence-electron chi connectivity index (χ2n) is 10.0. The number of benzene rings is 1. The standard InChI is InChI=1S/C32H44N2O3/c1-10-15-21(8)24(11-2)28(32(14-5,34-37)31(36)20(6)7)18-22(9)30-26(13-4)25(12-3)27-19-23(35)16-17-29(27)33-30/h15-20,35H,10-14H2,1-9H3/b21-15+,22-18+,28-24+. The molecule has 37 heavy (non-hydrogen) atoms. The third kappa shape index (κ3) is 5.92. The van der Waals surface area contributed by atoms with Crippen molar-refractivity contribution >= 4 is 22.3 Å². The summed E-state index contributed by atoms with van der Waals surface area (Å²) in [7, 11) is 0. The topological polar surface area (TPSA) is 79.6 Å². The van der Waals surface area contributed by atoms with Crippen molar-refractivity contribution in [3.63, 3.8) is 0 Å². The Morgan fingerprint density at radius 2 is 1.73 bits per heavy atom. The van der Waals surface area contributed by atoms with Gasteiger partial charge in [-0.15, -0.1) is 4.91 Å². The molecule has 0 fully saturated rings. The van der Waals surface area contributed by atoms with Gasteiger partial charge >= 0.3 is 0 Å². The SMILES string of the molecule is CC/C=C(C)/C(CC)=C(\C=C(/C)c1nc2ccc(O)cc2c(CC)c1CC)C(CC)(N=O)C(=O)C(C)C. The van der Waals surface area contributed by atoms with E-state index in [0.717, 1.165) is 63.7 Å². The number of phenolic OH excluding ortho intramolecular Hbond substituents is 1. The fraction of sp³-hybridized carbons (Fsp3) is 0.500. The van der Waals surface area contributed by atoms with Gasteiger partial charge < -0.3 is 5.11 Å². The van der Waals surface area contributed by atoms with Crippen LogP contribution in [-0.4, -0.2) is 21.4 Å². The van der Waals surface area contributed by atoms with Gasteiger partial charge in [-0.25, -0.2) is 4.98 Å². The Balaban J connectivity index is 3.04. The van der Waals surface area contributed by atoms with Gasteiger partial charge in [0.2, 0.25) is 0 Å². The zero-order valence-corrected chi connectivity index (χ0v) is 24.2. The van der Waals surface area contributed by atoms with Crippen LogP contribution in [-0.2, 0) is 17.6 Å². The number of nitrogens with zero attached hydrogens (tertiary/aromatic N) is 2. The highest BCUT2D eigenvalue weighted by Crippen LogP contribution is 2.39. The van der Waals surface area contributed by atoms with Crippen molar-refractivity contribution < 1.29 is 9.90 Å². The number of aryl methyl sites for hydroxylation is 1. The van der Waals surface area contributed by atoms with Gasteiger partial charge in [-0.05, 0) is 92.0 Å². The van der Waals surface area contributed by atoms with Crippen molar-refractivity contribution in [2.75, 3.05) is 0 Å². The van der Waals surface area contributed by atoms with Crippen LogP contribution in [0.15, 0.2) is 52.2 Å². The van der Waals surface area contributed by atoms with E-state index in [2.05, 4.69) is 38.9 Å². The number of Topliss-reactive ketones (excluding diaryl/α,β-unsaturated/α-hetero) is 1. The molecule has 5 heteroatoms. The third-order valence-electron chi connectivity index (χ3n) is 7.34. The van der Waals surface area contributed by atoms with E-state index >= 15 is 0 Å². The minimum atomic E-state index is -1.47. The summed E-state index contributed by atoms with van der Waals surface area (Å²) < 4.78 is 0. The number of nitroso groups, excluding NO2 is 1. The molecule has 0 bridgehead atoms. The molecule has 1 aromatic carbocycles. The number of aromatic hydroxyl groups is 1. The second-order valence-corrected chi connectivity index (χ2v) is 10.0. The van der Waals surface area contributed by atoms with Crippen LogP contribution >= 0.6 is 0 Å². The number of phenols is 1. The quantitative estimate of drug-likeness (QED) is 0.232. The van der Waals surface area contributed by atoms with Crippen LogP contribution in [0.2, 0.25) is 0 Å². The number of fused-ring (bicyclic) bond motifs is 1. The molecule has 0 aliphatic heterocycles. The Hall–Kier alpha value is -3.08. The Morgan fingerprint density at radius 1 is 1.08 bits per heavy atom. The average molecular weight is 505 g/mol. The fourth-order valence-electron chi connectivity index (χ4n) is 5.45. The van der Waals surface area contributed by atoms with E-state index in [0.29, 0.717) is 18.4 Å². The van der Waals surface area contributed by atoms with Gasteiger partial charge in [0.05, 0.1) is 11.2 Å². The van der Waals surface area contributed by atoms with Crippen molar-refractivity contribution in [3.8, 4) is 5.75 Å². The van der Waals surface area contributed by atoms with E-state index in [9.17, 15) is 14.8 Å². The lowest BCUT2D eigenvalue weighted by Gasteiger charge is -2.30. The second kappa shape index (κ2) is 12.9. The van der Waals surface area contributed by atoms with E-state index in [4.69, 9.17) is 4.98 Å². The van der Waals surface area contributed by atoms with Crippen LogP contribution in [0.4, 0.5) is 0 Å². The van der Waals surface area contributed by atoms with Crippen LogP contribution in [0.25, 0.3) is 16.5 Å². The van der Waals surface area contributed by atoms with Gasteiger partial charge in [0.15, 0.2) is 11.3 Å². The lowest BCUT2D eigenvalue weighted by Crippen LogP contribution is -2.41. The van der Waals surface area contributed by atoms with Gasteiger partial charge in [-0.3, -0.25) is 4.79 Å². The van der Waals surface area contributed by atoms with Crippen LogP contribution in [0.1, 0.15) is 98.4 Å². The summed E-state index contributed by atoms with van der Waals surface area (Å²) >= 11 is 0. The number of hydrogen-bond donors (Lipinski definition) is 1. The molecule has 0 saturated carbocycles. The largest absolute Gasteiger partial charge is 0.508 e. The maximum atomic E-state index is 13.6. The molecule has 1 N–H and O–H groups in total. The van der Waals surface area contributed by atoms with Crippen LogP contribution < -0.4 is 0 Å². The minimum Gasteiger partial charge on any atom is -0.508 e. The summed E-state index contributed by atoms with van der Waals surface area (Å²) in [5.41, 5.74) is 6.09. The summed E-state index contributed by atoms with van der Waals surface area (Å²) in [5.74, 6) is -0.274. The highest BCUT2D eigenvalue weighted by atomic mass is 16.3. The van der Waals surface area contributed by atoms with E-state index < -0.39 is 5.54 Å². The zero-order valence-electron chi connectivity index (χ0n) is 24.2. The molecule has 0 radical (unpaired) electrons. The minimum absolute atomic E-state index is 0.161. The Labute approximate surface area is 222 Å². The number of hydrogen-bond acceptors (Lipinski definition) is 5. The molecular formula is C32H44N2O3. The smallest absolute Gasteiger partial charge is 0.185 e. The van der Waals surface area contributed by atoms with E-state index in [1.54, 1.807) is 12.1 Å². The zero-order chi connectivity index (χ0) is 27.9. The van der Waals surface area contributed by atoms with Crippen molar-refractivity contribution in [1.82, 2.24) is 4.98 Å². The maximum Gasteiger partial charge on any atom is 0.185 e. The van der Waals surface area contributed by atoms with Gasteiger partial charge in [-0.2, -0.15) is 0 Å². The van der Waals surface area contributed by atoms with Crippen molar-refractivity contribution in [2.45, 2.75) is 100.0 Å². The molecule has 2 rings (SSSR count). The molecule has 0 amide bonds. The molecule has 0 spiro atoms. The monoisotopic (exact) mass is 504 g/mol. The molecule has 0 aliphatic rings. The molecule has 2 aromatic rings. The van der Waals surface area contributed by atoms with Crippen LogP contribution in [0.5, 0.6) is 5.75 Å². The summed E-state index contributed by atoms with van der Waals surface area (Å²) in [6, 6.07) is 5.28. The van der Waals surface area contributed by atoms with Gasteiger partial charge in [0.1, 0.15) is 5.75 Å². The predicted molar refractivity (Wildman–Crippen MR) is 156 cm³/mol. The number of allylic oxidation sites excluding steroid dienone is 4. The first-order chi connectivity index (χ1) is 17.6. The number of aromatic nitrogens is 1. The first kappa shape index (κ1) is 30.1. The predicted octanol–water partition coefficient (Wildman–Crippen LogP) is 8.67. The van der Waals surface area contributed by atoms with E-state index in [1.807, 2.05) is 46.8 Å². The lowest BCUT2D eigenvalue weighted by molar-refractivity contribution is -0.125. The normalized spacial score (nSPS) is 15.1. The van der Waals surface area contributed by atoms with E-state index in [-0.39, 0.29) is 17.5 Å². The maximum absolute atomic E-state index is 13.6. The lowest BCUT2D eigenvalue weighted by atomic mass is 9.75. The van der Waals surface area contributed by atoms with Crippen LogP contribution in [0.3, 0.4) is 0 Å². The summed E-state index contributed by atoms with van der Waals surface area (Å²) in [6.07, 6.45) is 7.52. The summed E-state index contributed by atoms with van der Waals surface area (Å²) in [4.78, 5) is 31.2. The molecule has 1 heterocycles. The molecule has 1 atom stereocenters. The molecule has 1 aromatic heterocycles. The first-order valence-electron chi connectivity index (χ1n) is 13.7. The van der Waals surface area contributed by atoms with Gasteiger partial charge in [0.25, 0.3) is 0 Å². The van der Waals surface area contributed by atoms with Crippen LogP contribution in [0, 0.1) is 10.8 Å². The molecule has 0 aliphatic carbocycles. The van der Waals surface area contributed by atoms with Gasteiger partial charge in [-0.1, -0.05) is 71.4 Å². The Kier molecular flexibility index (Phi) is 10.5. The Bertz CT molecular complexity index is 1250. The average Bonchev–Trinajstić information content (AvgIpc) is 2.88. The summed E-state index contributed by atoms with van der Waals surface area (Å²) in [5, 5.41) is 14.6. The molecular weight excluding hydrogens is 460 g/mol. The number of pyridine rings is 1. The molecule has 5 nitrogen and oxygen atoms in total. The first-order valence-corrected chi connectivity index (χ1v) is 13.7. The number of carbonyl (C=O) groups excluding carboxylic acids is 1. The molecule has 1 unspecified atom stereocenters. The highest BCUT2D eigenvalue weighted by Gasteiger charge is 2.44. The van der Waals surface area contributed by atoms with Crippen molar-refractivity contribution in [3.05, 3.63) is 68.8 Å². The third-order valence-corrected chi connectivity index (χ3v) is 7.34. The Morgan fingerprint density at radius 3 is 2.22 bits per heavy atom. The highest BCUT2D eigenvalue weighted by molar-refractivity contribution is 5.95. The summed E-state index contributed by atoms with van der Waals surface area (Å²) in [6.45, 7) is 17.9. The van der Waals surface area contributed by atoms with Gasteiger partial charge in [0, 0.05) is 11.3 Å². The van der Waals surface area contributed by atoms with Crippen molar-refractivity contribution in [1.29, 1.82) is 0 Å². The molecule has 0 saturated heterocycles. The van der Waals surface area contributed by atoms with Crippen molar-refractivity contribution in [2.24, 2.45) is 11.1 Å². The number of rotatable bonds is 12. The fourth-order valence-corrected chi connectivity index (χ4v) is 5.45. The van der Waals surface area contributed by atoms with E-state index in [1.165, 1.54) is 0 Å².